The summed E-state index contributed by atoms with van der Waals surface area (Å²) < 4.78 is 0. The molecular weight excluding hydrogens is 278 g/mol. The van der Waals surface area contributed by atoms with Gasteiger partial charge in [-0.05, 0) is 37.6 Å². The van der Waals surface area contributed by atoms with Gasteiger partial charge in [0.2, 0.25) is 0 Å². The number of nitrogens with zero attached hydrogens (tertiary/aromatic N) is 3. The predicted molar refractivity (Wildman–Crippen MR) is 90.2 cm³/mol. The van der Waals surface area contributed by atoms with E-state index in [0.717, 1.165) is 44.8 Å². The molecule has 4 heteroatoms. The monoisotopic (exact) mass is 301 g/mol. The number of pyridine rings is 1. The maximum absolute atomic E-state index is 4.28. The molecular formula is C17H23N3S. The quantitative estimate of drug-likeness (QED) is 0.863. The molecule has 1 saturated heterocycles. The predicted octanol–water partition coefficient (Wildman–Crippen LogP) is 3.34. The molecule has 112 valence electrons. The van der Waals surface area contributed by atoms with Crippen LogP contribution in [-0.2, 0) is 13.0 Å². The van der Waals surface area contributed by atoms with Gasteiger partial charge in [0.25, 0.3) is 0 Å². The second kappa shape index (κ2) is 6.58. The largest absolute Gasteiger partial charge is 0.369 e. The summed E-state index contributed by atoms with van der Waals surface area (Å²) >= 11 is 1.96. The van der Waals surface area contributed by atoms with Crippen molar-refractivity contribution in [2.45, 2.75) is 26.8 Å². The van der Waals surface area contributed by atoms with Crippen LogP contribution in [0.5, 0.6) is 0 Å². The number of rotatable bonds is 4. The zero-order valence-electron chi connectivity index (χ0n) is 12.9. The van der Waals surface area contributed by atoms with Gasteiger partial charge in [0.05, 0.1) is 0 Å². The summed E-state index contributed by atoms with van der Waals surface area (Å²) in [7, 11) is 0. The standard InChI is InChI=1S/C17H23N3S/c1-3-16-4-5-17(21-16)13-19-8-10-20(11-9-19)15-6-7-18-14(2)12-15/h4-7,12H,3,8-11,13H2,1-2H3. The number of thiophene rings is 1. The van der Waals surface area contributed by atoms with Crippen LogP contribution in [0, 0.1) is 6.92 Å². The Kier molecular flexibility index (Phi) is 4.56. The first-order chi connectivity index (χ1) is 10.2. The molecule has 2 aromatic rings. The Morgan fingerprint density at radius 1 is 1.10 bits per heavy atom. The molecule has 0 N–H and O–H groups in total. The Balaban J connectivity index is 1.55. The first kappa shape index (κ1) is 14.5. The van der Waals surface area contributed by atoms with Gasteiger partial charge < -0.3 is 4.90 Å². The van der Waals surface area contributed by atoms with Crippen molar-refractivity contribution in [3.8, 4) is 0 Å². The van der Waals surface area contributed by atoms with E-state index in [4.69, 9.17) is 0 Å². The van der Waals surface area contributed by atoms with Crippen molar-refractivity contribution >= 4 is 17.0 Å². The van der Waals surface area contributed by atoms with Crippen molar-refractivity contribution in [1.29, 1.82) is 0 Å². The van der Waals surface area contributed by atoms with Crippen LogP contribution in [-0.4, -0.2) is 36.1 Å². The summed E-state index contributed by atoms with van der Waals surface area (Å²) in [6.45, 7) is 9.88. The summed E-state index contributed by atoms with van der Waals surface area (Å²) in [4.78, 5) is 12.3. The van der Waals surface area contributed by atoms with Gasteiger partial charge in [-0.3, -0.25) is 9.88 Å². The number of hydrogen-bond donors (Lipinski definition) is 0. The normalized spacial score (nSPS) is 16.4. The molecule has 0 unspecified atom stereocenters. The summed E-state index contributed by atoms with van der Waals surface area (Å²) in [5.74, 6) is 0. The highest BCUT2D eigenvalue weighted by Gasteiger charge is 2.17. The lowest BCUT2D eigenvalue weighted by Gasteiger charge is -2.36. The van der Waals surface area contributed by atoms with E-state index in [1.165, 1.54) is 15.4 Å². The second-order valence-electron chi connectivity index (χ2n) is 5.64. The van der Waals surface area contributed by atoms with Crippen LogP contribution >= 0.6 is 11.3 Å². The molecule has 3 nitrogen and oxygen atoms in total. The molecule has 0 atom stereocenters. The highest BCUT2D eigenvalue weighted by molar-refractivity contribution is 7.11. The van der Waals surface area contributed by atoms with Crippen molar-refractivity contribution in [1.82, 2.24) is 9.88 Å². The highest BCUT2D eigenvalue weighted by Crippen LogP contribution is 2.21. The zero-order chi connectivity index (χ0) is 14.7. The number of anilines is 1. The lowest BCUT2D eigenvalue weighted by molar-refractivity contribution is 0.252. The van der Waals surface area contributed by atoms with Crippen molar-refractivity contribution < 1.29 is 0 Å². The molecule has 1 aliphatic rings. The van der Waals surface area contributed by atoms with E-state index in [0.29, 0.717) is 0 Å². The summed E-state index contributed by atoms with van der Waals surface area (Å²) in [6.07, 6.45) is 3.06. The molecule has 3 rings (SSSR count). The number of piperazine rings is 1. The summed E-state index contributed by atoms with van der Waals surface area (Å²) in [6, 6.07) is 8.87. The minimum Gasteiger partial charge on any atom is -0.369 e. The maximum Gasteiger partial charge on any atom is 0.0400 e. The van der Waals surface area contributed by atoms with E-state index in [1.807, 2.05) is 17.5 Å². The van der Waals surface area contributed by atoms with Crippen LogP contribution in [0.15, 0.2) is 30.5 Å². The molecule has 0 bridgehead atoms. The van der Waals surface area contributed by atoms with Crippen LogP contribution in [0.25, 0.3) is 0 Å². The highest BCUT2D eigenvalue weighted by atomic mass is 32.1. The van der Waals surface area contributed by atoms with E-state index in [2.05, 4.69) is 52.9 Å². The number of aromatic nitrogens is 1. The molecule has 0 aliphatic carbocycles. The van der Waals surface area contributed by atoms with Crippen LogP contribution in [0.3, 0.4) is 0 Å². The van der Waals surface area contributed by atoms with Gasteiger partial charge in [0.1, 0.15) is 0 Å². The summed E-state index contributed by atoms with van der Waals surface area (Å²) in [5, 5.41) is 0. The molecule has 0 saturated carbocycles. The van der Waals surface area contributed by atoms with Crippen molar-refractivity contribution in [2.75, 3.05) is 31.1 Å². The molecule has 3 heterocycles. The van der Waals surface area contributed by atoms with Gasteiger partial charge in [-0.1, -0.05) is 6.92 Å². The summed E-state index contributed by atoms with van der Waals surface area (Å²) in [5.41, 5.74) is 2.41. The molecule has 21 heavy (non-hydrogen) atoms. The first-order valence-electron chi connectivity index (χ1n) is 7.72. The zero-order valence-corrected chi connectivity index (χ0v) is 13.7. The molecule has 0 spiro atoms. The third kappa shape index (κ3) is 3.63. The van der Waals surface area contributed by atoms with Gasteiger partial charge in [0, 0.05) is 60.1 Å². The minimum absolute atomic E-state index is 1.10. The third-order valence-corrected chi connectivity index (χ3v) is 5.28. The fraction of sp³-hybridized carbons (Fsp3) is 0.471. The van der Waals surface area contributed by atoms with Crippen molar-refractivity contribution in [2.24, 2.45) is 0 Å². The Hall–Kier alpha value is -1.39. The molecule has 1 aliphatic heterocycles. The van der Waals surface area contributed by atoms with Crippen molar-refractivity contribution in [3.05, 3.63) is 45.9 Å². The smallest absolute Gasteiger partial charge is 0.0400 e. The second-order valence-corrected chi connectivity index (χ2v) is 6.89. The third-order valence-electron chi connectivity index (χ3n) is 4.06. The van der Waals surface area contributed by atoms with Crippen molar-refractivity contribution in [3.63, 3.8) is 0 Å². The number of aryl methyl sites for hydroxylation is 2. The molecule has 0 radical (unpaired) electrons. The van der Waals surface area contributed by atoms with Gasteiger partial charge in [-0.2, -0.15) is 0 Å². The Bertz CT molecular complexity index is 585. The average Bonchev–Trinajstić information content (AvgIpc) is 2.96. The molecule has 0 amide bonds. The van der Waals surface area contributed by atoms with Gasteiger partial charge in [-0.25, -0.2) is 0 Å². The average molecular weight is 301 g/mol. The minimum atomic E-state index is 1.10. The van der Waals surface area contributed by atoms with Gasteiger partial charge in [0.15, 0.2) is 0 Å². The Morgan fingerprint density at radius 2 is 1.86 bits per heavy atom. The van der Waals surface area contributed by atoms with Crippen LogP contribution in [0.4, 0.5) is 5.69 Å². The topological polar surface area (TPSA) is 19.4 Å². The Labute approximate surface area is 131 Å². The van der Waals surface area contributed by atoms with Crippen LogP contribution < -0.4 is 4.90 Å². The molecule has 2 aromatic heterocycles. The van der Waals surface area contributed by atoms with Crippen LogP contribution in [0.2, 0.25) is 0 Å². The lowest BCUT2D eigenvalue weighted by Crippen LogP contribution is -2.45. The Morgan fingerprint density at radius 3 is 2.52 bits per heavy atom. The van der Waals surface area contributed by atoms with E-state index in [9.17, 15) is 0 Å². The van der Waals surface area contributed by atoms with E-state index < -0.39 is 0 Å². The van der Waals surface area contributed by atoms with Gasteiger partial charge in [-0.15, -0.1) is 11.3 Å². The first-order valence-corrected chi connectivity index (χ1v) is 8.54. The lowest BCUT2D eigenvalue weighted by atomic mass is 10.2. The fourth-order valence-electron chi connectivity index (χ4n) is 2.81. The van der Waals surface area contributed by atoms with Gasteiger partial charge >= 0.3 is 0 Å². The maximum atomic E-state index is 4.28. The SMILES string of the molecule is CCc1ccc(CN2CCN(c3ccnc(C)c3)CC2)s1. The van der Waals surface area contributed by atoms with E-state index >= 15 is 0 Å². The van der Waals surface area contributed by atoms with E-state index in [1.54, 1.807) is 0 Å². The number of hydrogen-bond acceptors (Lipinski definition) is 4. The van der Waals surface area contributed by atoms with E-state index in [-0.39, 0.29) is 0 Å². The molecule has 0 aromatic carbocycles. The fourth-order valence-corrected chi connectivity index (χ4v) is 3.81. The van der Waals surface area contributed by atoms with Crippen LogP contribution in [0.1, 0.15) is 22.4 Å². The molecule has 1 fully saturated rings.